The number of carbonyl (C=O) groups excluding carboxylic acids is 1. The van der Waals surface area contributed by atoms with Gasteiger partial charge in [0.2, 0.25) is 5.91 Å². The SMILES string of the molecule is Cc1cc(NC(=O)CCn2ccnc2C(O)c2ccccc2)no1. The Hall–Kier alpha value is -2.93. The zero-order chi connectivity index (χ0) is 16.9. The van der Waals surface area contributed by atoms with Crippen LogP contribution in [0.1, 0.15) is 29.7 Å². The van der Waals surface area contributed by atoms with E-state index in [0.29, 0.717) is 23.9 Å². The molecule has 0 aliphatic heterocycles. The van der Waals surface area contributed by atoms with Gasteiger partial charge in [0.1, 0.15) is 17.7 Å². The number of aryl methyl sites for hydroxylation is 2. The lowest BCUT2D eigenvalue weighted by atomic mass is 10.1. The highest BCUT2D eigenvalue weighted by atomic mass is 16.5. The zero-order valence-corrected chi connectivity index (χ0v) is 13.2. The highest BCUT2D eigenvalue weighted by Gasteiger charge is 2.16. The molecule has 0 saturated carbocycles. The van der Waals surface area contributed by atoms with Gasteiger partial charge < -0.3 is 19.5 Å². The van der Waals surface area contributed by atoms with E-state index in [-0.39, 0.29) is 12.3 Å². The summed E-state index contributed by atoms with van der Waals surface area (Å²) >= 11 is 0. The molecule has 2 N–H and O–H groups in total. The van der Waals surface area contributed by atoms with Gasteiger partial charge in [-0.05, 0) is 12.5 Å². The van der Waals surface area contributed by atoms with Crippen LogP contribution >= 0.6 is 0 Å². The maximum absolute atomic E-state index is 12.0. The van der Waals surface area contributed by atoms with E-state index >= 15 is 0 Å². The number of nitrogens with one attached hydrogen (secondary N) is 1. The quantitative estimate of drug-likeness (QED) is 0.725. The molecule has 3 rings (SSSR count). The third-order valence-corrected chi connectivity index (χ3v) is 3.58. The summed E-state index contributed by atoms with van der Waals surface area (Å²) in [5.41, 5.74) is 0.757. The molecule has 0 aliphatic rings. The molecule has 3 aromatic rings. The molecule has 0 bridgehead atoms. The number of aliphatic hydroxyl groups excluding tert-OH is 1. The van der Waals surface area contributed by atoms with Gasteiger partial charge in [0.25, 0.3) is 0 Å². The molecule has 7 nitrogen and oxygen atoms in total. The van der Waals surface area contributed by atoms with Gasteiger partial charge in [0.05, 0.1) is 0 Å². The number of benzene rings is 1. The normalized spacial score (nSPS) is 12.1. The Bertz CT molecular complexity index is 810. The largest absolute Gasteiger partial charge is 0.380 e. The lowest BCUT2D eigenvalue weighted by molar-refractivity contribution is -0.116. The standard InChI is InChI=1S/C17H18N4O3/c1-12-11-14(20-24-12)19-15(22)7-9-21-10-8-18-17(21)16(23)13-5-3-2-4-6-13/h2-6,8,10-11,16,23H,7,9H2,1H3,(H,19,20,22). The van der Waals surface area contributed by atoms with Crippen LogP contribution in [0.4, 0.5) is 5.82 Å². The predicted octanol–water partition coefficient (Wildman–Crippen LogP) is 2.29. The first-order valence-electron chi connectivity index (χ1n) is 7.60. The molecule has 1 atom stereocenters. The highest BCUT2D eigenvalue weighted by molar-refractivity contribution is 5.89. The Morgan fingerprint density at radius 1 is 1.38 bits per heavy atom. The van der Waals surface area contributed by atoms with Crippen molar-refractivity contribution in [3.05, 3.63) is 65.9 Å². The van der Waals surface area contributed by atoms with E-state index in [1.54, 1.807) is 30.0 Å². The van der Waals surface area contributed by atoms with E-state index in [9.17, 15) is 9.90 Å². The Labute approximate surface area is 138 Å². The molecule has 7 heteroatoms. The van der Waals surface area contributed by atoms with Gasteiger partial charge in [-0.3, -0.25) is 4.79 Å². The molecule has 0 aliphatic carbocycles. The Balaban J connectivity index is 1.62. The fourth-order valence-electron chi connectivity index (χ4n) is 2.39. The minimum Gasteiger partial charge on any atom is -0.380 e. The summed E-state index contributed by atoms with van der Waals surface area (Å²) in [7, 11) is 0. The molecule has 0 saturated heterocycles. The van der Waals surface area contributed by atoms with Crippen LogP contribution in [0.15, 0.2) is 53.3 Å². The van der Waals surface area contributed by atoms with Crippen molar-refractivity contribution in [2.75, 3.05) is 5.32 Å². The molecule has 124 valence electrons. The second-order valence-corrected chi connectivity index (χ2v) is 5.41. The molecule has 0 spiro atoms. The number of carbonyl (C=O) groups is 1. The van der Waals surface area contributed by atoms with Gasteiger partial charge in [-0.25, -0.2) is 4.98 Å². The van der Waals surface area contributed by atoms with Crippen LogP contribution < -0.4 is 5.32 Å². The number of nitrogens with zero attached hydrogens (tertiary/aromatic N) is 3. The molecule has 1 aromatic carbocycles. The number of aliphatic hydroxyl groups is 1. The summed E-state index contributed by atoms with van der Waals surface area (Å²) in [5, 5.41) is 16.8. The van der Waals surface area contributed by atoms with Crippen molar-refractivity contribution in [1.82, 2.24) is 14.7 Å². The summed E-state index contributed by atoms with van der Waals surface area (Å²) in [6, 6.07) is 10.9. The monoisotopic (exact) mass is 326 g/mol. The number of imidazole rings is 1. The van der Waals surface area contributed by atoms with Crippen molar-refractivity contribution in [2.24, 2.45) is 0 Å². The molecule has 0 fully saturated rings. The molecule has 1 amide bonds. The number of anilines is 1. The first-order valence-corrected chi connectivity index (χ1v) is 7.60. The molecule has 0 radical (unpaired) electrons. The van der Waals surface area contributed by atoms with Gasteiger partial charge >= 0.3 is 0 Å². The van der Waals surface area contributed by atoms with Crippen LogP contribution in [-0.2, 0) is 11.3 Å². The van der Waals surface area contributed by atoms with Crippen LogP contribution in [0.2, 0.25) is 0 Å². The lowest BCUT2D eigenvalue weighted by Crippen LogP contribution is -2.16. The molecule has 2 aromatic heterocycles. The van der Waals surface area contributed by atoms with Crippen molar-refractivity contribution < 1.29 is 14.4 Å². The van der Waals surface area contributed by atoms with Crippen LogP contribution in [0.5, 0.6) is 0 Å². The van der Waals surface area contributed by atoms with Crippen molar-refractivity contribution >= 4 is 11.7 Å². The van der Waals surface area contributed by atoms with Crippen molar-refractivity contribution in [3.8, 4) is 0 Å². The second-order valence-electron chi connectivity index (χ2n) is 5.41. The molecule has 24 heavy (non-hydrogen) atoms. The van der Waals surface area contributed by atoms with Crippen molar-refractivity contribution in [2.45, 2.75) is 26.0 Å². The minimum atomic E-state index is -0.831. The molecular weight excluding hydrogens is 308 g/mol. The number of rotatable bonds is 6. The van der Waals surface area contributed by atoms with Crippen molar-refractivity contribution in [1.29, 1.82) is 0 Å². The molecule has 1 unspecified atom stereocenters. The van der Waals surface area contributed by atoms with Crippen LogP contribution in [0.25, 0.3) is 0 Å². The highest BCUT2D eigenvalue weighted by Crippen LogP contribution is 2.20. The topological polar surface area (TPSA) is 93.2 Å². The number of aromatic nitrogens is 3. The summed E-state index contributed by atoms with van der Waals surface area (Å²) in [4.78, 5) is 16.2. The van der Waals surface area contributed by atoms with Crippen molar-refractivity contribution in [3.63, 3.8) is 0 Å². The summed E-state index contributed by atoms with van der Waals surface area (Å²) in [6.07, 6.45) is 2.76. The first-order chi connectivity index (χ1) is 11.6. The number of hydrogen-bond acceptors (Lipinski definition) is 5. The first kappa shape index (κ1) is 15.9. The third kappa shape index (κ3) is 3.69. The zero-order valence-electron chi connectivity index (χ0n) is 13.2. The maximum Gasteiger partial charge on any atom is 0.227 e. The van der Waals surface area contributed by atoms with Crippen LogP contribution in [-0.4, -0.2) is 25.7 Å². The molecule has 2 heterocycles. The molecular formula is C17H18N4O3. The van der Waals surface area contributed by atoms with Gasteiger partial charge in [0.15, 0.2) is 5.82 Å². The smallest absolute Gasteiger partial charge is 0.227 e. The van der Waals surface area contributed by atoms with E-state index in [1.807, 2.05) is 30.3 Å². The van der Waals surface area contributed by atoms with E-state index < -0.39 is 6.10 Å². The van der Waals surface area contributed by atoms with Gasteiger partial charge in [-0.15, -0.1) is 0 Å². The predicted molar refractivity (Wildman–Crippen MR) is 87.2 cm³/mol. The third-order valence-electron chi connectivity index (χ3n) is 3.58. The van der Waals surface area contributed by atoms with Gasteiger partial charge in [0, 0.05) is 31.4 Å². The Morgan fingerprint density at radius 3 is 2.88 bits per heavy atom. The Morgan fingerprint density at radius 2 is 2.17 bits per heavy atom. The summed E-state index contributed by atoms with van der Waals surface area (Å²) in [5.74, 6) is 1.35. The van der Waals surface area contributed by atoms with Gasteiger partial charge in [-0.2, -0.15) is 0 Å². The number of hydrogen-bond donors (Lipinski definition) is 2. The van der Waals surface area contributed by atoms with Crippen LogP contribution in [0, 0.1) is 6.92 Å². The Kier molecular flexibility index (Phi) is 4.72. The average Bonchev–Trinajstić information content (AvgIpc) is 3.22. The van der Waals surface area contributed by atoms with Gasteiger partial charge in [-0.1, -0.05) is 35.5 Å². The average molecular weight is 326 g/mol. The van der Waals surface area contributed by atoms with E-state index in [2.05, 4.69) is 15.5 Å². The van der Waals surface area contributed by atoms with E-state index in [1.165, 1.54) is 0 Å². The second kappa shape index (κ2) is 7.10. The van der Waals surface area contributed by atoms with Crippen LogP contribution in [0.3, 0.4) is 0 Å². The maximum atomic E-state index is 12.0. The fourth-order valence-corrected chi connectivity index (χ4v) is 2.39. The minimum absolute atomic E-state index is 0.183. The number of amides is 1. The summed E-state index contributed by atoms with van der Waals surface area (Å²) < 4.78 is 6.67. The summed E-state index contributed by atoms with van der Waals surface area (Å²) in [6.45, 7) is 2.16. The lowest BCUT2D eigenvalue weighted by Gasteiger charge is -2.13. The van der Waals surface area contributed by atoms with E-state index in [4.69, 9.17) is 4.52 Å². The fraction of sp³-hybridized carbons (Fsp3) is 0.235. The van der Waals surface area contributed by atoms with E-state index in [0.717, 1.165) is 5.56 Å².